The van der Waals surface area contributed by atoms with Gasteiger partial charge >= 0.3 is 0 Å². The van der Waals surface area contributed by atoms with Crippen molar-refractivity contribution >= 4 is 27.4 Å². The van der Waals surface area contributed by atoms with Crippen molar-refractivity contribution in [1.29, 1.82) is 0 Å². The topological polar surface area (TPSA) is 45.5 Å². The van der Waals surface area contributed by atoms with E-state index in [4.69, 9.17) is 0 Å². The van der Waals surface area contributed by atoms with Crippen LogP contribution in [0.4, 0.5) is 5.82 Å². The zero-order valence-corrected chi connectivity index (χ0v) is 15.6. The number of rotatable bonds is 3. The molecule has 1 aromatic carbocycles. The maximum atomic E-state index is 4.59. The average molecular weight is 386 g/mol. The van der Waals surface area contributed by atoms with Crippen molar-refractivity contribution in [1.82, 2.24) is 19.5 Å². The van der Waals surface area contributed by atoms with Crippen molar-refractivity contribution in [3.8, 4) is 0 Å². The van der Waals surface area contributed by atoms with E-state index in [1.807, 2.05) is 24.4 Å². The zero-order chi connectivity index (χ0) is 16.8. The van der Waals surface area contributed by atoms with E-state index in [0.717, 1.165) is 40.4 Å². The van der Waals surface area contributed by atoms with Gasteiger partial charge in [0, 0.05) is 24.8 Å². The molecule has 2 aromatic heterocycles. The molecule has 0 bridgehead atoms. The van der Waals surface area contributed by atoms with E-state index in [-0.39, 0.29) is 0 Å². The summed E-state index contributed by atoms with van der Waals surface area (Å²) < 4.78 is 2.84. The first-order chi connectivity index (χ1) is 11.5. The summed E-state index contributed by atoms with van der Waals surface area (Å²) in [5.41, 5.74) is 5.60. The maximum Gasteiger partial charge on any atom is 0.172 e. The number of fused-ring (bicyclic) bond motifs is 2. The fourth-order valence-electron chi connectivity index (χ4n) is 3.43. The number of halogens is 1. The number of likely N-dealkylation sites (N-methyl/N-ethyl adjacent to an activating group) is 1. The first-order valence-corrected chi connectivity index (χ1v) is 8.88. The molecule has 0 saturated carbocycles. The van der Waals surface area contributed by atoms with Gasteiger partial charge in [-0.15, -0.1) is 0 Å². The monoisotopic (exact) mass is 385 g/mol. The van der Waals surface area contributed by atoms with Crippen LogP contribution in [-0.2, 0) is 6.54 Å². The van der Waals surface area contributed by atoms with Gasteiger partial charge < -0.3 is 5.32 Å². The minimum atomic E-state index is 0.366. The smallest absolute Gasteiger partial charge is 0.172 e. The third-order valence-electron chi connectivity index (χ3n) is 4.66. The predicted octanol–water partition coefficient (Wildman–Crippen LogP) is 3.71. The Bertz CT molecular complexity index is 917. The molecule has 3 aromatic rings. The minimum absolute atomic E-state index is 0.366. The van der Waals surface area contributed by atoms with E-state index in [9.17, 15) is 0 Å². The fraction of sp³-hybridized carbons (Fsp3) is 0.333. The number of aromatic nitrogens is 3. The van der Waals surface area contributed by atoms with Gasteiger partial charge in [-0.2, -0.15) is 9.61 Å². The molecule has 0 radical (unpaired) electrons. The number of aryl methyl sites for hydroxylation is 2. The molecule has 0 fully saturated rings. The molecule has 1 unspecified atom stereocenters. The van der Waals surface area contributed by atoms with Crippen LogP contribution in [0.1, 0.15) is 28.6 Å². The van der Waals surface area contributed by atoms with Crippen molar-refractivity contribution in [2.45, 2.75) is 26.4 Å². The second-order valence-corrected chi connectivity index (χ2v) is 7.22. The molecule has 6 heteroatoms. The first-order valence-electron chi connectivity index (χ1n) is 8.09. The lowest BCUT2D eigenvalue weighted by Gasteiger charge is -2.21. The van der Waals surface area contributed by atoms with Gasteiger partial charge in [-0.1, -0.05) is 24.3 Å². The van der Waals surface area contributed by atoms with E-state index in [1.165, 1.54) is 11.1 Å². The second-order valence-electron chi connectivity index (χ2n) is 6.43. The number of nitrogens with zero attached hydrogens (tertiary/aromatic N) is 4. The Morgan fingerprint density at radius 2 is 2.08 bits per heavy atom. The van der Waals surface area contributed by atoms with Gasteiger partial charge in [0.15, 0.2) is 5.65 Å². The summed E-state index contributed by atoms with van der Waals surface area (Å²) in [5.74, 6) is 0.976. The third-order valence-corrected chi connectivity index (χ3v) is 5.59. The highest BCUT2D eigenvalue weighted by molar-refractivity contribution is 9.10. The number of hydrogen-bond acceptors (Lipinski definition) is 4. The number of hydrogen-bond donors (Lipinski definition) is 1. The van der Waals surface area contributed by atoms with Gasteiger partial charge in [-0.05, 0) is 48.0 Å². The summed E-state index contributed by atoms with van der Waals surface area (Å²) in [4.78, 5) is 6.97. The SMILES string of the molecule is Cc1cc(NCC2c3ccccc3CN2C)n2nc(C)c(Br)c2n1. The number of nitrogens with one attached hydrogen (secondary N) is 1. The van der Waals surface area contributed by atoms with Crippen LogP contribution in [0, 0.1) is 13.8 Å². The highest BCUT2D eigenvalue weighted by Crippen LogP contribution is 2.32. The Balaban J connectivity index is 1.65. The molecule has 124 valence electrons. The van der Waals surface area contributed by atoms with Crippen LogP contribution < -0.4 is 5.32 Å². The van der Waals surface area contributed by atoms with Gasteiger partial charge in [0.25, 0.3) is 0 Å². The molecule has 1 aliphatic rings. The Morgan fingerprint density at radius 1 is 1.29 bits per heavy atom. The lowest BCUT2D eigenvalue weighted by atomic mass is 10.1. The summed E-state index contributed by atoms with van der Waals surface area (Å²) in [5, 5.41) is 8.17. The Morgan fingerprint density at radius 3 is 2.92 bits per heavy atom. The minimum Gasteiger partial charge on any atom is -0.368 e. The van der Waals surface area contributed by atoms with Gasteiger partial charge in [-0.25, -0.2) is 4.98 Å². The van der Waals surface area contributed by atoms with Crippen LogP contribution in [-0.4, -0.2) is 33.1 Å². The van der Waals surface area contributed by atoms with Crippen molar-refractivity contribution < 1.29 is 0 Å². The van der Waals surface area contributed by atoms with Crippen LogP contribution in [0.3, 0.4) is 0 Å². The standard InChI is InChI=1S/C18H20BrN5/c1-11-8-16(24-18(21-11)17(19)12(2)22-24)20-9-15-14-7-5-4-6-13(14)10-23(15)3/h4-8,15,20H,9-10H2,1-3H3. The summed E-state index contributed by atoms with van der Waals surface area (Å²) in [6.45, 7) is 5.83. The summed E-state index contributed by atoms with van der Waals surface area (Å²) in [6.07, 6.45) is 0. The van der Waals surface area contributed by atoms with Gasteiger partial charge in [-0.3, -0.25) is 4.90 Å². The Hall–Kier alpha value is -1.92. The molecule has 1 N–H and O–H groups in total. The highest BCUT2D eigenvalue weighted by atomic mass is 79.9. The molecule has 24 heavy (non-hydrogen) atoms. The molecule has 0 spiro atoms. The number of anilines is 1. The molecule has 1 aliphatic heterocycles. The molecule has 0 saturated heterocycles. The van der Waals surface area contributed by atoms with Crippen LogP contribution >= 0.6 is 15.9 Å². The average Bonchev–Trinajstić information content (AvgIpc) is 3.03. The van der Waals surface area contributed by atoms with Crippen LogP contribution in [0.5, 0.6) is 0 Å². The van der Waals surface area contributed by atoms with E-state index in [1.54, 1.807) is 0 Å². The molecule has 3 heterocycles. The van der Waals surface area contributed by atoms with E-state index < -0.39 is 0 Å². The predicted molar refractivity (Wildman–Crippen MR) is 99.3 cm³/mol. The molecule has 0 amide bonds. The molecule has 0 aliphatic carbocycles. The van der Waals surface area contributed by atoms with E-state index in [2.05, 4.69) is 67.5 Å². The van der Waals surface area contributed by atoms with Crippen LogP contribution in [0.15, 0.2) is 34.8 Å². The largest absolute Gasteiger partial charge is 0.368 e. The molecule has 4 rings (SSSR count). The summed E-state index contributed by atoms with van der Waals surface area (Å²) >= 11 is 3.59. The van der Waals surface area contributed by atoms with Gasteiger partial charge in [0.1, 0.15) is 5.82 Å². The van der Waals surface area contributed by atoms with Crippen molar-refractivity contribution in [3.05, 3.63) is 57.3 Å². The van der Waals surface area contributed by atoms with Gasteiger partial charge in [0.2, 0.25) is 0 Å². The van der Waals surface area contributed by atoms with Crippen molar-refractivity contribution in [2.24, 2.45) is 0 Å². The summed E-state index contributed by atoms with van der Waals surface area (Å²) in [7, 11) is 2.17. The quantitative estimate of drug-likeness (QED) is 0.746. The molecular formula is C18H20BrN5. The second kappa shape index (κ2) is 5.86. The lowest BCUT2D eigenvalue weighted by Crippen LogP contribution is -2.24. The fourth-order valence-corrected chi connectivity index (χ4v) is 3.77. The molecule has 1 atom stereocenters. The van der Waals surface area contributed by atoms with Gasteiger partial charge in [0.05, 0.1) is 16.2 Å². The highest BCUT2D eigenvalue weighted by Gasteiger charge is 2.26. The van der Waals surface area contributed by atoms with Crippen LogP contribution in [0.2, 0.25) is 0 Å². The Kier molecular flexibility index (Phi) is 3.81. The number of benzene rings is 1. The molecule has 5 nitrogen and oxygen atoms in total. The summed E-state index contributed by atoms with van der Waals surface area (Å²) in [6, 6.07) is 11.1. The molecular weight excluding hydrogens is 366 g/mol. The van der Waals surface area contributed by atoms with Crippen LogP contribution in [0.25, 0.3) is 5.65 Å². The first kappa shape index (κ1) is 15.6. The lowest BCUT2D eigenvalue weighted by molar-refractivity contribution is 0.279. The van der Waals surface area contributed by atoms with E-state index >= 15 is 0 Å². The normalized spacial score (nSPS) is 17.4. The maximum absolute atomic E-state index is 4.59. The van der Waals surface area contributed by atoms with Crippen molar-refractivity contribution in [2.75, 3.05) is 18.9 Å². The van der Waals surface area contributed by atoms with Crippen molar-refractivity contribution in [3.63, 3.8) is 0 Å². The zero-order valence-electron chi connectivity index (χ0n) is 14.0. The van der Waals surface area contributed by atoms with E-state index in [0.29, 0.717) is 6.04 Å². The third kappa shape index (κ3) is 2.50. The Labute approximate surface area is 149 Å².